The van der Waals surface area contributed by atoms with Gasteiger partial charge in [-0.25, -0.2) is 8.42 Å². The highest BCUT2D eigenvalue weighted by Crippen LogP contribution is 2.40. The second-order valence-corrected chi connectivity index (χ2v) is 13.4. The van der Waals surface area contributed by atoms with Gasteiger partial charge >= 0.3 is 0 Å². The van der Waals surface area contributed by atoms with Crippen molar-refractivity contribution in [3.8, 4) is 5.75 Å². The fourth-order valence-electron chi connectivity index (χ4n) is 6.56. The van der Waals surface area contributed by atoms with Gasteiger partial charge in [-0.3, -0.25) is 14.0 Å². The van der Waals surface area contributed by atoms with Gasteiger partial charge in [-0.1, -0.05) is 18.2 Å². The fourth-order valence-corrected chi connectivity index (χ4v) is 8.12. The van der Waals surface area contributed by atoms with E-state index >= 15 is 0 Å². The smallest absolute Gasteiger partial charge is 0.264 e. The van der Waals surface area contributed by atoms with Crippen LogP contribution in [0.15, 0.2) is 71.1 Å². The third-order valence-electron chi connectivity index (χ3n) is 8.92. The summed E-state index contributed by atoms with van der Waals surface area (Å²) in [6.45, 7) is 7.27. The number of fused-ring (bicyclic) bond motifs is 3. The van der Waals surface area contributed by atoms with Gasteiger partial charge in [0.05, 0.1) is 35.4 Å². The molecule has 0 radical (unpaired) electrons. The number of nitrogens with zero attached hydrogens (tertiary/aromatic N) is 2. The molecular formula is C33H36N4O5S. The number of nitrogens with one attached hydrogen (secondary N) is 2. The molecular weight excluding hydrogens is 564 g/mol. The zero-order valence-corrected chi connectivity index (χ0v) is 25.1. The largest absolute Gasteiger partial charge is 0.492 e. The molecule has 1 atom stereocenters. The van der Waals surface area contributed by atoms with Crippen molar-refractivity contribution < 1.29 is 22.7 Å². The lowest BCUT2D eigenvalue weighted by atomic mass is 9.95. The molecule has 2 N–H and O–H groups in total. The lowest BCUT2D eigenvalue weighted by Gasteiger charge is -2.30. The normalized spacial score (nSPS) is 21.0. The highest BCUT2D eigenvalue weighted by Gasteiger charge is 2.34. The first-order valence-electron chi connectivity index (χ1n) is 15.0. The average molecular weight is 601 g/mol. The third-order valence-corrected chi connectivity index (χ3v) is 10.7. The van der Waals surface area contributed by atoms with Crippen LogP contribution in [-0.4, -0.2) is 71.3 Å². The van der Waals surface area contributed by atoms with Gasteiger partial charge in [-0.15, -0.1) is 0 Å². The number of morpholine rings is 1. The first-order chi connectivity index (χ1) is 20.9. The van der Waals surface area contributed by atoms with E-state index in [1.807, 2.05) is 43.3 Å². The number of sulfonamides is 1. The van der Waals surface area contributed by atoms with Crippen LogP contribution in [0.25, 0.3) is 5.57 Å². The molecule has 0 saturated carbocycles. The van der Waals surface area contributed by atoms with E-state index < -0.39 is 10.0 Å². The Morgan fingerprint density at radius 2 is 1.81 bits per heavy atom. The molecule has 0 bridgehead atoms. The topological polar surface area (TPSA) is 100 Å². The number of anilines is 3. The minimum atomic E-state index is -3.81. The van der Waals surface area contributed by atoms with Crippen molar-refractivity contribution >= 4 is 38.6 Å². The Morgan fingerprint density at radius 3 is 2.67 bits per heavy atom. The van der Waals surface area contributed by atoms with E-state index in [0.29, 0.717) is 36.4 Å². The second kappa shape index (κ2) is 11.3. The van der Waals surface area contributed by atoms with E-state index in [-0.39, 0.29) is 16.8 Å². The highest BCUT2D eigenvalue weighted by atomic mass is 32.2. The molecule has 4 aliphatic heterocycles. The van der Waals surface area contributed by atoms with Crippen LogP contribution in [0.3, 0.4) is 0 Å². The summed E-state index contributed by atoms with van der Waals surface area (Å²) < 4.78 is 40.7. The molecule has 224 valence electrons. The quantitative estimate of drug-likeness (QED) is 0.390. The van der Waals surface area contributed by atoms with E-state index in [4.69, 9.17) is 9.47 Å². The lowest BCUT2D eigenvalue weighted by Crippen LogP contribution is -2.38. The Labute approximate surface area is 252 Å². The number of hydrogen-bond donors (Lipinski definition) is 2. The van der Waals surface area contributed by atoms with Crippen molar-refractivity contribution in [2.24, 2.45) is 0 Å². The van der Waals surface area contributed by atoms with Crippen LogP contribution in [0, 0.1) is 0 Å². The molecule has 43 heavy (non-hydrogen) atoms. The Bertz CT molecular complexity index is 1710. The molecule has 0 spiro atoms. The Hall–Kier alpha value is -3.86. The minimum absolute atomic E-state index is 0.0977. The molecule has 1 unspecified atom stereocenters. The molecule has 1 amide bonds. The average Bonchev–Trinajstić information content (AvgIpc) is 3.60. The number of amides is 1. The summed E-state index contributed by atoms with van der Waals surface area (Å²) in [5.74, 6) is 0.619. The van der Waals surface area contributed by atoms with Gasteiger partial charge in [0.1, 0.15) is 12.4 Å². The number of rotatable bonds is 7. The Balaban J connectivity index is 1.11. The zero-order valence-electron chi connectivity index (χ0n) is 24.3. The van der Waals surface area contributed by atoms with Gasteiger partial charge in [-0.05, 0) is 85.4 Å². The number of carbonyl (C=O) groups is 1. The maximum absolute atomic E-state index is 13.9. The first-order valence-corrected chi connectivity index (χ1v) is 16.4. The standard InChI is InChI=1S/C33H36N4O5S/c1-22(30-20-24-19-25(8-10-28(24)34-30)42-18-15-36-13-16-41-17-14-36)32-27-21-26(9-11-29(27)35-33(32)38)43(39,40)37-12-4-6-23-5-2-3-7-31(23)37/h2-3,5,7-11,19,21,30,34H,4,6,12-18,20H2,1H3,(H,35,38)/b32-22-. The summed E-state index contributed by atoms with van der Waals surface area (Å²) in [5, 5.41) is 6.50. The van der Waals surface area contributed by atoms with Crippen LogP contribution in [0.5, 0.6) is 5.75 Å². The summed E-state index contributed by atoms with van der Waals surface area (Å²) >= 11 is 0. The van der Waals surface area contributed by atoms with E-state index in [1.165, 1.54) is 4.31 Å². The van der Waals surface area contributed by atoms with Crippen LogP contribution in [0.1, 0.15) is 30.0 Å². The molecule has 4 aliphatic rings. The van der Waals surface area contributed by atoms with Gasteiger partial charge in [0.25, 0.3) is 15.9 Å². The van der Waals surface area contributed by atoms with Crippen LogP contribution < -0.4 is 19.7 Å². The first kappa shape index (κ1) is 27.9. The van der Waals surface area contributed by atoms with E-state index in [1.54, 1.807) is 18.2 Å². The zero-order chi connectivity index (χ0) is 29.6. The van der Waals surface area contributed by atoms with E-state index in [2.05, 4.69) is 21.6 Å². The van der Waals surface area contributed by atoms with Gasteiger partial charge in [0.15, 0.2) is 0 Å². The molecule has 7 rings (SSSR count). The van der Waals surface area contributed by atoms with Crippen molar-refractivity contribution in [1.82, 2.24) is 4.90 Å². The molecule has 1 fully saturated rings. The molecule has 10 heteroatoms. The number of ether oxygens (including phenoxy) is 2. The van der Waals surface area contributed by atoms with Crippen LogP contribution in [0.4, 0.5) is 17.1 Å². The number of aryl methyl sites for hydroxylation is 1. The van der Waals surface area contributed by atoms with E-state index in [9.17, 15) is 13.2 Å². The summed E-state index contributed by atoms with van der Waals surface area (Å²) in [6, 6.07) is 18.6. The van der Waals surface area contributed by atoms with Gasteiger partial charge in [0.2, 0.25) is 0 Å². The van der Waals surface area contributed by atoms with Gasteiger partial charge in [-0.2, -0.15) is 0 Å². The summed E-state index contributed by atoms with van der Waals surface area (Å²) in [5.41, 5.74) is 6.56. The maximum atomic E-state index is 13.9. The molecule has 3 aromatic carbocycles. The third kappa shape index (κ3) is 5.28. The summed E-state index contributed by atoms with van der Waals surface area (Å²) in [6.07, 6.45) is 2.33. The van der Waals surface area contributed by atoms with E-state index in [0.717, 1.165) is 79.5 Å². The van der Waals surface area contributed by atoms with Crippen molar-refractivity contribution in [2.45, 2.75) is 37.1 Å². The van der Waals surface area contributed by atoms with Gasteiger partial charge < -0.3 is 20.1 Å². The van der Waals surface area contributed by atoms with Crippen LogP contribution in [-0.2, 0) is 32.4 Å². The maximum Gasteiger partial charge on any atom is 0.264 e. The monoisotopic (exact) mass is 600 g/mol. The highest BCUT2D eigenvalue weighted by molar-refractivity contribution is 7.92. The Morgan fingerprint density at radius 1 is 1.00 bits per heavy atom. The number of hydrogen-bond acceptors (Lipinski definition) is 7. The van der Waals surface area contributed by atoms with Crippen molar-refractivity contribution in [1.29, 1.82) is 0 Å². The number of para-hydroxylation sites is 1. The second-order valence-electron chi connectivity index (χ2n) is 11.6. The predicted molar refractivity (Wildman–Crippen MR) is 167 cm³/mol. The molecule has 0 aromatic heterocycles. The molecule has 1 saturated heterocycles. The SMILES string of the molecule is C/C(=C1/C(=O)Nc2ccc(S(=O)(=O)N3CCCc4ccccc43)cc21)C1Cc2cc(OCCN3CCOCC3)ccc2N1. The summed E-state index contributed by atoms with van der Waals surface area (Å²) in [4.78, 5) is 15.8. The minimum Gasteiger partial charge on any atom is -0.492 e. The van der Waals surface area contributed by atoms with Crippen LogP contribution in [0.2, 0.25) is 0 Å². The Kier molecular flexibility index (Phi) is 7.36. The summed E-state index contributed by atoms with van der Waals surface area (Å²) in [7, 11) is -3.81. The van der Waals surface area contributed by atoms with Crippen molar-refractivity contribution in [2.75, 3.05) is 60.9 Å². The molecule has 9 nitrogen and oxygen atoms in total. The molecule has 3 aromatic rings. The lowest BCUT2D eigenvalue weighted by molar-refractivity contribution is -0.110. The van der Waals surface area contributed by atoms with Crippen molar-refractivity contribution in [3.63, 3.8) is 0 Å². The number of benzene rings is 3. The fraction of sp³-hybridized carbons (Fsp3) is 0.364. The predicted octanol–water partition coefficient (Wildman–Crippen LogP) is 4.30. The molecule has 0 aliphatic carbocycles. The van der Waals surface area contributed by atoms with Crippen LogP contribution >= 0.6 is 0 Å². The number of carbonyl (C=O) groups excluding carboxylic acids is 1. The molecule has 4 heterocycles. The van der Waals surface area contributed by atoms with Gasteiger partial charge in [0, 0.05) is 43.1 Å². The van der Waals surface area contributed by atoms with Crippen molar-refractivity contribution in [3.05, 3.63) is 82.9 Å².